The van der Waals surface area contributed by atoms with Gasteiger partial charge in [-0.05, 0) is 49.9 Å². The van der Waals surface area contributed by atoms with Gasteiger partial charge in [0.1, 0.15) is 5.58 Å². The van der Waals surface area contributed by atoms with E-state index in [2.05, 4.69) is 4.72 Å². The van der Waals surface area contributed by atoms with Gasteiger partial charge in [-0.1, -0.05) is 0 Å². The van der Waals surface area contributed by atoms with Crippen LogP contribution >= 0.6 is 0 Å². The van der Waals surface area contributed by atoms with Crippen molar-refractivity contribution in [2.45, 2.75) is 42.8 Å². The molecule has 1 N–H and O–H groups in total. The molecule has 1 aromatic carbocycles. The molecule has 1 heterocycles. The number of benzene rings is 1. The van der Waals surface area contributed by atoms with E-state index in [9.17, 15) is 26.4 Å². The first kappa shape index (κ1) is 17.9. The van der Waals surface area contributed by atoms with E-state index in [1.807, 2.05) is 0 Å². The van der Waals surface area contributed by atoms with Crippen molar-refractivity contribution in [3.05, 3.63) is 40.8 Å². The molecule has 0 aliphatic heterocycles. The van der Waals surface area contributed by atoms with Gasteiger partial charge in [0.05, 0.1) is 10.8 Å². The maximum atomic E-state index is 12.7. The van der Waals surface area contributed by atoms with E-state index in [1.165, 1.54) is 30.3 Å². The lowest BCUT2D eigenvalue weighted by atomic mass is 9.86. The molecule has 1 aliphatic rings. The molecule has 25 heavy (non-hydrogen) atoms. The molecule has 0 radical (unpaired) electrons. The van der Waals surface area contributed by atoms with Crippen molar-refractivity contribution >= 4 is 21.0 Å². The molecular formula is C16H16F3NO4S. The Morgan fingerprint density at radius 1 is 1.04 bits per heavy atom. The standard InChI is InChI=1S/C16H16F3NO4S/c17-16(18,19)11-2-4-12(5-3-11)20-25(22,23)13-6-7-14-10(9-13)1-8-15(21)24-14/h1,6-9,11-12,20H,2-5H2. The van der Waals surface area contributed by atoms with E-state index in [1.54, 1.807) is 0 Å². The summed E-state index contributed by atoms with van der Waals surface area (Å²) in [7, 11) is -3.87. The molecule has 1 saturated carbocycles. The molecule has 5 nitrogen and oxygen atoms in total. The summed E-state index contributed by atoms with van der Waals surface area (Å²) >= 11 is 0. The zero-order chi connectivity index (χ0) is 18.2. The molecule has 1 aliphatic carbocycles. The number of fused-ring (bicyclic) bond motifs is 1. The molecule has 0 bridgehead atoms. The number of halogens is 3. The van der Waals surface area contributed by atoms with Gasteiger partial charge in [0.25, 0.3) is 0 Å². The van der Waals surface area contributed by atoms with Crippen molar-refractivity contribution in [1.29, 1.82) is 0 Å². The maximum Gasteiger partial charge on any atom is 0.391 e. The summed E-state index contributed by atoms with van der Waals surface area (Å²) in [5.74, 6) is -1.36. The third kappa shape index (κ3) is 4.04. The Morgan fingerprint density at radius 3 is 2.36 bits per heavy atom. The van der Waals surface area contributed by atoms with Crippen LogP contribution in [-0.4, -0.2) is 20.6 Å². The van der Waals surface area contributed by atoms with Crippen molar-refractivity contribution in [1.82, 2.24) is 4.72 Å². The predicted molar refractivity (Wildman–Crippen MR) is 84.6 cm³/mol. The summed E-state index contributed by atoms with van der Waals surface area (Å²) in [5, 5.41) is 0.447. The minimum atomic E-state index is -4.23. The number of hydrogen-bond acceptors (Lipinski definition) is 4. The van der Waals surface area contributed by atoms with Crippen LogP contribution in [0.25, 0.3) is 11.0 Å². The van der Waals surface area contributed by atoms with Crippen LogP contribution in [0, 0.1) is 5.92 Å². The second kappa shape index (κ2) is 6.45. The Balaban J connectivity index is 1.74. The average Bonchev–Trinajstić information content (AvgIpc) is 2.53. The first-order valence-electron chi connectivity index (χ1n) is 7.78. The van der Waals surface area contributed by atoms with Crippen molar-refractivity contribution in [3.8, 4) is 0 Å². The molecule has 0 atom stereocenters. The van der Waals surface area contributed by atoms with Crippen LogP contribution in [0.15, 0.2) is 44.4 Å². The molecular weight excluding hydrogens is 359 g/mol. The molecule has 9 heteroatoms. The summed E-state index contributed by atoms with van der Waals surface area (Å²) in [6.07, 6.45) is -4.11. The second-order valence-corrected chi connectivity index (χ2v) is 7.88. The normalized spacial score (nSPS) is 22.2. The topological polar surface area (TPSA) is 76.4 Å². The lowest BCUT2D eigenvalue weighted by molar-refractivity contribution is -0.182. The van der Waals surface area contributed by atoms with Gasteiger partial charge in [-0.3, -0.25) is 0 Å². The fourth-order valence-corrected chi connectivity index (χ4v) is 4.38. The van der Waals surface area contributed by atoms with E-state index >= 15 is 0 Å². The monoisotopic (exact) mass is 375 g/mol. The maximum absolute atomic E-state index is 12.7. The smallest absolute Gasteiger partial charge is 0.391 e. The van der Waals surface area contributed by atoms with Crippen LogP contribution in [0.2, 0.25) is 0 Å². The number of sulfonamides is 1. The first-order chi connectivity index (χ1) is 11.6. The minimum Gasteiger partial charge on any atom is -0.423 e. The van der Waals surface area contributed by atoms with Gasteiger partial charge < -0.3 is 4.42 Å². The van der Waals surface area contributed by atoms with E-state index in [0.29, 0.717) is 5.39 Å². The lowest BCUT2D eigenvalue weighted by Gasteiger charge is -2.30. The summed E-state index contributed by atoms with van der Waals surface area (Å²) in [6, 6.07) is 6.16. The Bertz CT molecular complexity index is 928. The highest BCUT2D eigenvalue weighted by atomic mass is 32.2. The highest BCUT2D eigenvalue weighted by molar-refractivity contribution is 7.89. The SMILES string of the molecule is O=c1ccc2cc(S(=O)(=O)NC3CCC(C(F)(F)F)CC3)ccc2o1. The van der Waals surface area contributed by atoms with Gasteiger partial charge >= 0.3 is 11.8 Å². The lowest BCUT2D eigenvalue weighted by Crippen LogP contribution is -2.39. The Hall–Kier alpha value is -1.87. The first-order valence-corrected chi connectivity index (χ1v) is 9.26. The summed E-state index contributed by atoms with van der Waals surface area (Å²) in [5.41, 5.74) is -0.278. The Labute approximate surface area is 141 Å². The highest BCUT2D eigenvalue weighted by Gasteiger charge is 2.41. The van der Waals surface area contributed by atoms with Crippen LogP contribution < -0.4 is 10.3 Å². The number of rotatable bonds is 3. The Kier molecular flexibility index (Phi) is 4.63. The molecule has 2 aromatic rings. The zero-order valence-electron chi connectivity index (χ0n) is 13.0. The minimum absolute atomic E-state index is 0.0215. The molecule has 1 aromatic heterocycles. The third-order valence-corrected chi connectivity index (χ3v) is 5.93. The van der Waals surface area contributed by atoms with Crippen LogP contribution in [0.1, 0.15) is 25.7 Å². The van der Waals surface area contributed by atoms with E-state index in [-0.39, 0.29) is 36.2 Å². The van der Waals surface area contributed by atoms with E-state index in [4.69, 9.17) is 4.42 Å². The van der Waals surface area contributed by atoms with E-state index in [0.717, 1.165) is 0 Å². The van der Waals surface area contributed by atoms with Crippen molar-refractivity contribution < 1.29 is 26.0 Å². The van der Waals surface area contributed by atoms with Crippen molar-refractivity contribution in [2.75, 3.05) is 0 Å². The van der Waals surface area contributed by atoms with Crippen LogP contribution in [0.5, 0.6) is 0 Å². The molecule has 0 spiro atoms. The molecule has 0 amide bonds. The van der Waals surface area contributed by atoms with Gasteiger partial charge in [-0.25, -0.2) is 17.9 Å². The fraction of sp³-hybridized carbons (Fsp3) is 0.438. The summed E-state index contributed by atoms with van der Waals surface area (Å²) in [4.78, 5) is 11.1. The van der Waals surface area contributed by atoms with Gasteiger partial charge in [-0.15, -0.1) is 0 Å². The van der Waals surface area contributed by atoms with Crippen LogP contribution in [0.3, 0.4) is 0 Å². The molecule has 0 saturated heterocycles. The molecule has 3 rings (SSSR count). The largest absolute Gasteiger partial charge is 0.423 e. The van der Waals surface area contributed by atoms with Crippen molar-refractivity contribution in [2.24, 2.45) is 5.92 Å². The fourth-order valence-electron chi connectivity index (χ4n) is 3.04. The molecule has 1 fully saturated rings. The molecule has 136 valence electrons. The van der Waals surface area contributed by atoms with E-state index < -0.39 is 33.8 Å². The summed E-state index contributed by atoms with van der Waals surface area (Å²) < 4.78 is 70.4. The number of alkyl halides is 3. The van der Waals surface area contributed by atoms with Gasteiger partial charge in [0, 0.05) is 17.5 Å². The quantitative estimate of drug-likeness (QED) is 0.836. The van der Waals surface area contributed by atoms with Gasteiger partial charge in [0.2, 0.25) is 10.0 Å². The third-order valence-electron chi connectivity index (χ3n) is 4.41. The molecule has 0 unspecified atom stereocenters. The van der Waals surface area contributed by atoms with Crippen LogP contribution in [0.4, 0.5) is 13.2 Å². The number of nitrogens with one attached hydrogen (secondary N) is 1. The van der Waals surface area contributed by atoms with Gasteiger partial charge in [-0.2, -0.15) is 13.2 Å². The number of hydrogen-bond donors (Lipinski definition) is 1. The summed E-state index contributed by atoms with van der Waals surface area (Å²) in [6.45, 7) is 0. The van der Waals surface area contributed by atoms with Crippen LogP contribution in [-0.2, 0) is 10.0 Å². The van der Waals surface area contributed by atoms with Crippen molar-refractivity contribution in [3.63, 3.8) is 0 Å². The average molecular weight is 375 g/mol. The van der Waals surface area contributed by atoms with Gasteiger partial charge in [0.15, 0.2) is 0 Å². The predicted octanol–water partition coefficient (Wildman–Crippen LogP) is 3.19. The second-order valence-electron chi connectivity index (χ2n) is 6.17. The Morgan fingerprint density at radius 2 is 1.72 bits per heavy atom. The zero-order valence-corrected chi connectivity index (χ0v) is 13.9. The highest BCUT2D eigenvalue weighted by Crippen LogP contribution is 2.37.